The Balaban J connectivity index is 1.44. The summed E-state index contributed by atoms with van der Waals surface area (Å²) in [7, 11) is -2.75. The SMILES string of the molecule is CC(C)(C)[Si](OC[C@@H]1CC[C@@H](O)[C@@]2(O)[C@@H]1CCC[C@H]2OC(=O)c1ccccc1)(c1ccccc1)c1ccccc1. The third kappa shape index (κ3) is 5.18. The number of aliphatic hydroxyl groups is 2. The van der Waals surface area contributed by atoms with Crippen molar-refractivity contribution in [3.8, 4) is 0 Å². The average Bonchev–Trinajstić information content (AvgIpc) is 2.96. The van der Waals surface area contributed by atoms with Crippen molar-refractivity contribution in [3.05, 3.63) is 96.6 Å². The number of ether oxygens (including phenoxy) is 1. The largest absolute Gasteiger partial charge is 0.456 e. The lowest BCUT2D eigenvalue weighted by Gasteiger charge is -2.54. The molecule has 5 atom stereocenters. The number of hydrogen-bond donors (Lipinski definition) is 2. The molecule has 5 nitrogen and oxygen atoms in total. The predicted octanol–water partition coefficient (Wildman–Crippen LogP) is 5.09. The Morgan fingerprint density at radius 2 is 1.40 bits per heavy atom. The van der Waals surface area contributed by atoms with Gasteiger partial charge in [0.2, 0.25) is 0 Å². The molecule has 212 valence electrons. The Morgan fingerprint density at radius 1 is 0.850 bits per heavy atom. The van der Waals surface area contributed by atoms with Crippen LogP contribution in [0.15, 0.2) is 91.0 Å². The highest BCUT2D eigenvalue weighted by Gasteiger charge is 2.58. The van der Waals surface area contributed by atoms with Gasteiger partial charge >= 0.3 is 5.97 Å². The van der Waals surface area contributed by atoms with Gasteiger partial charge in [0.15, 0.2) is 0 Å². The van der Waals surface area contributed by atoms with E-state index in [1.807, 2.05) is 18.2 Å². The molecule has 2 N–H and O–H groups in total. The maximum absolute atomic E-state index is 13.0. The highest BCUT2D eigenvalue weighted by molar-refractivity contribution is 6.99. The quantitative estimate of drug-likeness (QED) is 0.312. The van der Waals surface area contributed by atoms with Crippen LogP contribution in [-0.2, 0) is 9.16 Å². The topological polar surface area (TPSA) is 76.0 Å². The van der Waals surface area contributed by atoms with E-state index in [0.717, 1.165) is 19.3 Å². The lowest BCUT2D eigenvalue weighted by Crippen LogP contribution is -2.68. The van der Waals surface area contributed by atoms with E-state index in [-0.39, 0.29) is 16.9 Å². The fraction of sp³-hybridized carbons (Fsp3) is 0.441. The number of esters is 1. The second-order valence-corrected chi connectivity index (χ2v) is 16.8. The van der Waals surface area contributed by atoms with Crippen LogP contribution in [0.1, 0.15) is 63.2 Å². The van der Waals surface area contributed by atoms with Crippen LogP contribution in [0.2, 0.25) is 5.04 Å². The molecule has 0 saturated heterocycles. The molecule has 2 saturated carbocycles. The molecule has 0 aromatic heterocycles. The fourth-order valence-corrected chi connectivity index (χ4v) is 11.8. The van der Waals surface area contributed by atoms with Gasteiger partial charge < -0.3 is 19.4 Å². The first-order valence-corrected chi connectivity index (χ1v) is 16.5. The van der Waals surface area contributed by atoms with Gasteiger partial charge in [0.1, 0.15) is 11.7 Å². The summed E-state index contributed by atoms with van der Waals surface area (Å²) in [6, 6.07) is 30.0. The van der Waals surface area contributed by atoms with Crippen molar-refractivity contribution >= 4 is 24.7 Å². The highest BCUT2D eigenvalue weighted by Crippen LogP contribution is 2.49. The molecular weight excluding hydrogens is 516 g/mol. The van der Waals surface area contributed by atoms with E-state index in [1.165, 1.54) is 10.4 Å². The summed E-state index contributed by atoms with van der Waals surface area (Å²) < 4.78 is 13.2. The van der Waals surface area contributed by atoms with Gasteiger partial charge in [-0.2, -0.15) is 0 Å². The maximum Gasteiger partial charge on any atom is 0.338 e. The molecule has 6 heteroatoms. The van der Waals surface area contributed by atoms with E-state index in [9.17, 15) is 15.0 Å². The van der Waals surface area contributed by atoms with Crippen LogP contribution in [0, 0.1) is 11.8 Å². The lowest BCUT2D eigenvalue weighted by molar-refractivity contribution is -0.226. The smallest absolute Gasteiger partial charge is 0.338 e. The van der Waals surface area contributed by atoms with Crippen LogP contribution in [0.4, 0.5) is 0 Å². The van der Waals surface area contributed by atoms with E-state index >= 15 is 0 Å². The maximum atomic E-state index is 13.0. The van der Waals surface area contributed by atoms with Crippen LogP contribution < -0.4 is 10.4 Å². The first-order valence-electron chi connectivity index (χ1n) is 14.6. The van der Waals surface area contributed by atoms with Crippen molar-refractivity contribution in [2.75, 3.05) is 6.61 Å². The van der Waals surface area contributed by atoms with Crippen molar-refractivity contribution < 1.29 is 24.2 Å². The molecule has 0 radical (unpaired) electrons. The van der Waals surface area contributed by atoms with Gasteiger partial charge in [0.25, 0.3) is 8.32 Å². The van der Waals surface area contributed by atoms with Crippen molar-refractivity contribution in [1.29, 1.82) is 0 Å². The molecule has 3 aromatic rings. The second kappa shape index (κ2) is 11.6. The Kier molecular flexibility index (Phi) is 8.34. The summed E-state index contributed by atoms with van der Waals surface area (Å²) in [5.41, 5.74) is -1.05. The number of carbonyl (C=O) groups is 1. The molecule has 3 aromatic carbocycles. The predicted molar refractivity (Wildman–Crippen MR) is 160 cm³/mol. The number of benzene rings is 3. The van der Waals surface area contributed by atoms with Crippen LogP contribution in [0.25, 0.3) is 0 Å². The van der Waals surface area contributed by atoms with Crippen LogP contribution in [0.3, 0.4) is 0 Å². The van der Waals surface area contributed by atoms with Gasteiger partial charge in [-0.15, -0.1) is 0 Å². The fourth-order valence-electron chi connectivity index (χ4n) is 7.22. The van der Waals surface area contributed by atoms with Crippen LogP contribution in [-0.4, -0.2) is 48.9 Å². The van der Waals surface area contributed by atoms with E-state index in [2.05, 4.69) is 69.3 Å². The standard InChI is InChI=1S/C34H42O5Si/c1-33(2,3)40(27-16-9-5-10-17-27,28-18-11-6-12-19-28)38-24-26-22-23-30(35)34(37)29(26)20-13-21-31(34)39-32(36)25-14-7-4-8-15-25/h4-12,14-19,26,29-31,35,37H,13,20-24H2,1-3H3/t26-,29+,30+,31+,34-/m0/s1. The van der Waals surface area contributed by atoms with Crippen molar-refractivity contribution in [2.45, 2.75) is 75.7 Å². The molecule has 5 rings (SSSR count). The molecule has 0 bridgehead atoms. The zero-order valence-corrected chi connectivity index (χ0v) is 24.8. The normalized spacial score (nSPS) is 27.0. The monoisotopic (exact) mass is 558 g/mol. The number of fused-ring (bicyclic) bond motifs is 1. The summed E-state index contributed by atoms with van der Waals surface area (Å²) in [4.78, 5) is 13.0. The van der Waals surface area contributed by atoms with Crippen LogP contribution >= 0.6 is 0 Å². The van der Waals surface area contributed by atoms with Gasteiger partial charge in [-0.25, -0.2) is 4.79 Å². The zero-order valence-electron chi connectivity index (χ0n) is 23.8. The van der Waals surface area contributed by atoms with Gasteiger partial charge in [0.05, 0.1) is 11.7 Å². The summed E-state index contributed by atoms with van der Waals surface area (Å²) in [5.74, 6) is -0.650. The Bertz CT molecular complexity index is 1220. The number of aliphatic hydroxyl groups excluding tert-OH is 1. The molecule has 2 aliphatic rings. The van der Waals surface area contributed by atoms with E-state index < -0.39 is 32.1 Å². The Labute approximate surface area is 239 Å². The number of carbonyl (C=O) groups excluding carboxylic acids is 1. The molecule has 0 spiro atoms. The minimum atomic E-state index is -2.75. The first kappa shape index (κ1) is 28.7. The summed E-state index contributed by atoms with van der Waals surface area (Å²) >= 11 is 0. The molecule has 2 fully saturated rings. The van der Waals surface area contributed by atoms with Gasteiger partial charge in [-0.3, -0.25) is 0 Å². The zero-order chi connectivity index (χ0) is 28.4. The molecular formula is C34H42O5Si. The minimum absolute atomic E-state index is 0.0354. The van der Waals surface area contributed by atoms with Gasteiger partial charge in [0, 0.05) is 6.61 Å². The third-order valence-corrected chi connectivity index (χ3v) is 14.2. The molecule has 0 amide bonds. The third-order valence-electron chi connectivity index (χ3n) is 9.19. The van der Waals surface area contributed by atoms with Crippen molar-refractivity contribution in [1.82, 2.24) is 0 Å². The van der Waals surface area contributed by atoms with E-state index in [0.29, 0.717) is 25.0 Å². The summed E-state index contributed by atoms with van der Waals surface area (Å²) in [6.07, 6.45) is 1.61. The van der Waals surface area contributed by atoms with Gasteiger partial charge in [-0.05, 0) is 71.5 Å². The molecule has 0 aliphatic heterocycles. The molecule has 2 aliphatic carbocycles. The molecule has 40 heavy (non-hydrogen) atoms. The molecule has 0 unspecified atom stereocenters. The summed E-state index contributed by atoms with van der Waals surface area (Å²) in [6.45, 7) is 7.27. The van der Waals surface area contributed by atoms with E-state index in [4.69, 9.17) is 9.16 Å². The van der Waals surface area contributed by atoms with Crippen LogP contribution in [0.5, 0.6) is 0 Å². The first-order chi connectivity index (χ1) is 19.2. The minimum Gasteiger partial charge on any atom is -0.456 e. The number of hydrogen-bond acceptors (Lipinski definition) is 5. The Hall–Kier alpha value is -2.77. The van der Waals surface area contributed by atoms with E-state index in [1.54, 1.807) is 24.3 Å². The Morgan fingerprint density at radius 3 is 1.95 bits per heavy atom. The lowest BCUT2D eigenvalue weighted by atomic mass is 9.60. The summed E-state index contributed by atoms with van der Waals surface area (Å²) in [5, 5.41) is 25.6. The van der Waals surface area contributed by atoms with Crippen molar-refractivity contribution in [3.63, 3.8) is 0 Å². The molecule has 0 heterocycles. The van der Waals surface area contributed by atoms with Gasteiger partial charge in [-0.1, -0.05) is 99.6 Å². The van der Waals surface area contributed by atoms with Crippen molar-refractivity contribution in [2.24, 2.45) is 11.8 Å². The highest BCUT2D eigenvalue weighted by atomic mass is 28.4. The number of rotatable bonds is 7. The average molecular weight is 559 g/mol. The second-order valence-electron chi connectivity index (χ2n) is 12.5.